The number of hydrogen-bond donors (Lipinski definition) is 2. The number of rotatable bonds is 18. The van der Waals surface area contributed by atoms with Crippen LogP contribution in [-0.2, 0) is 14.3 Å². The van der Waals surface area contributed by atoms with E-state index in [4.69, 9.17) is 14.6 Å². The van der Waals surface area contributed by atoms with Crippen LogP contribution in [-0.4, -0.2) is 42.3 Å². The van der Waals surface area contributed by atoms with Crippen molar-refractivity contribution in [3.05, 3.63) is 59.7 Å². The summed E-state index contributed by atoms with van der Waals surface area (Å²) < 4.78 is 10.7. The third kappa shape index (κ3) is 11.5. The van der Waals surface area contributed by atoms with Crippen molar-refractivity contribution < 1.29 is 24.5 Å². The minimum atomic E-state index is -0.918. The zero-order chi connectivity index (χ0) is 27.0. The summed E-state index contributed by atoms with van der Waals surface area (Å²) >= 11 is 0. The summed E-state index contributed by atoms with van der Waals surface area (Å²) in [6, 6.07) is 9.18. The van der Waals surface area contributed by atoms with Gasteiger partial charge in [0.2, 0.25) is 0 Å². The predicted octanol–water partition coefficient (Wildman–Crippen LogP) is 7.19. The molecule has 208 valence electrons. The highest BCUT2D eigenvalue weighted by Gasteiger charge is 2.22. The van der Waals surface area contributed by atoms with Crippen molar-refractivity contribution in [1.82, 2.24) is 0 Å². The Morgan fingerprint density at radius 2 is 1.65 bits per heavy atom. The van der Waals surface area contributed by atoms with Gasteiger partial charge in [-0.25, -0.2) is 4.79 Å². The molecule has 0 radical (unpaired) electrons. The van der Waals surface area contributed by atoms with Gasteiger partial charge in [0.25, 0.3) is 0 Å². The normalized spacial score (nSPS) is 19.2. The highest BCUT2D eigenvalue weighted by molar-refractivity contribution is 5.87. The third-order valence-corrected chi connectivity index (χ3v) is 7.75. The molecule has 2 N–H and O–H groups in total. The molecule has 1 aliphatic carbocycles. The van der Waals surface area contributed by atoms with E-state index in [-0.39, 0.29) is 12.2 Å². The molecule has 2 atom stereocenters. The van der Waals surface area contributed by atoms with Crippen LogP contribution in [0.1, 0.15) is 114 Å². The minimum absolute atomic E-state index is 0.0790. The zero-order valence-corrected chi connectivity index (χ0v) is 23.3. The molecule has 1 aromatic carbocycles. The summed E-state index contributed by atoms with van der Waals surface area (Å²) in [6.07, 6.45) is 13.2. The van der Waals surface area contributed by atoms with E-state index >= 15 is 0 Å². The number of ether oxygens (including phenoxy) is 2. The van der Waals surface area contributed by atoms with Gasteiger partial charge in [-0.1, -0.05) is 70.0 Å². The SMILES string of the molecule is C=C(CO)C(=O)OCCCC(CCCOC(O)C(=C)C)c1ccc(C2CCC(CCCCC)CC2)cc1. The molecule has 2 unspecified atom stereocenters. The predicted molar refractivity (Wildman–Crippen MR) is 150 cm³/mol. The third-order valence-electron chi connectivity index (χ3n) is 7.75. The molecule has 5 heteroatoms. The van der Waals surface area contributed by atoms with Gasteiger partial charge in [0.15, 0.2) is 6.29 Å². The van der Waals surface area contributed by atoms with Gasteiger partial charge < -0.3 is 19.7 Å². The van der Waals surface area contributed by atoms with E-state index in [0.29, 0.717) is 30.6 Å². The zero-order valence-electron chi connectivity index (χ0n) is 23.3. The van der Waals surface area contributed by atoms with Gasteiger partial charge in [-0.15, -0.1) is 0 Å². The lowest BCUT2D eigenvalue weighted by atomic mass is 9.76. The Bertz CT molecular complexity index is 807. The first-order valence-corrected chi connectivity index (χ1v) is 14.4. The minimum Gasteiger partial charge on any atom is -0.462 e. The van der Waals surface area contributed by atoms with E-state index in [0.717, 1.165) is 31.6 Å². The van der Waals surface area contributed by atoms with Crippen molar-refractivity contribution >= 4 is 5.97 Å². The Balaban J connectivity index is 1.90. The molecule has 1 aromatic rings. The number of hydrogen-bond acceptors (Lipinski definition) is 5. The number of aliphatic hydroxyl groups is 2. The van der Waals surface area contributed by atoms with Gasteiger partial charge in [-0.05, 0) is 92.7 Å². The average Bonchev–Trinajstić information content (AvgIpc) is 2.92. The average molecular weight is 515 g/mol. The van der Waals surface area contributed by atoms with Crippen molar-refractivity contribution in [2.45, 2.75) is 109 Å². The Kier molecular flexibility index (Phi) is 14.8. The maximum atomic E-state index is 11.8. The highest BCUT2D eigenvalue weighted by atomic mass is 16.6. The van der Waals surface area contributed by atoms with Crippen molar-refractivity contribution in [2.75, 3.05) is 19.8 Å². The largest absolute Gasteiger partial charge is 0.462 e. The second-order valence-electron chi connectivity index (χ2n) is 10.8. The lowest BCUT2D eigenvalue weighted by Gasteiger charge is -2.29. The van der Waals surface area contributed by atoms with Gasteiger partial charge >= 0.3 is 5.97 Å². The Morgan fingerprint density at radius 1 is 1.00 bits per heavy atom. The van der Waals surface area contributed by atoms with Gasteiger partial charge in [0.1, 0.15) is 0 Å². The fraction of sp³-hybridized carbons (Fsp3) is 0.656. The maximum absolute atomic E-state index is 11.8. The van der Waals surface area contributed by atoms with Crippen LogP contribution in [0.25, 0.3) is 0 Å². The lowest BCUT2D eigenvalue weighted by Crippen LogP contribution is -2.14. The molecule has 0 bridgehead atoms. The van der Waals surface area contributed by atoms with E-state index in [1.807, 2.05) is 0 Å². The summed E-state index contributed by atoms with van der Waals surface area (Å²) in [5.41, 5.74) is 3.44. The molecule has 0 aliphatic heterocycles. The molecule has 0 spiro atoms. The maximum Gasteiger partial charge on any atom is 0.335 e. The number of carbonyl (C=O) groups excluding carboxylic acids is 1. The number of aliphatic hydroxyl groups excluding tert-OH is 2. The van der Waals surface area contributed by atoms with Crippen molar-refractivity contribution in [3.8, 4) is 0 Å². The van der Waals surface area contributed by atoms with Crippen LogP contribution in [0.4, 0.5) is 0 Å². The first kappa shape index (κ1) is 31.3. The van der Waals surface area contributed by atoms with Gasteiger partial charge in [0.05, 0.1) is 25.4 Å². The summed E-state index contributed by atoms with van der Waals surface area (Å²) in [6.45, 7) is 11.7. The van der Waals surface area contributed by atoms with Gasteiger partial charge in [-0.3, -0.25) is 0 Å². The van der Waals surface area contributed by atoms with Gasteiger partial charge in [0, 0.05) is 0 Å². The smallest absolute Gasteiger partial charge is 0.335 e. The monoisotopic (exact) mass is 514 g/mol. The molecular weight excluding hydrogens is 464 g/mol. The Labute approximate surface area is 225 Å². The molecule has 5 nitrogen and oxygen atoms in total. The van der Waals surface area contributed by atoms with Crippen LogP contribution in [0, 0.1) is 5.92 Å². The Hall–Kier alpha value is -1.95. The molecule has 1 saturated carbocycles. The summed E-state index contributed by atoms with van der Waals surface area (Å²) in [5, 5.41) is 18.9. The van der Waals surface area contributed by atoms with E-state index in [1.54, 1.807) is 6.92 Å². The molecule has 0 amide bonds. The molecule has 0 saturated heterocycles. The molecule has 0 heterocycles. The second kappa shape index (κ2) is 17.5. The van der Waals surface area contributed by atoms with Crippen LogP contribution in [0.2, 0.25) is 0 Å². The lowest BCUT2D eigenvalue weighted by molar-refractivity contribution is -0.139. The molecule has 2 rings (SSSR count). The standard InChI is InChI=1S/C32H50O5/c1-5-6-7-10-26-13-15-28(16-14-26)30-19-17-29(18-20-30)27(11-8-21-36-31(34)24(2)3)12-9-22-37-32(35)25(4)23-33/h17-20,26-28,31,33-34H,2,4-16,21-23H2,1,3H3. The van der Waals surface area contributed by atoms with Crippen LogP contribution in [0.3, 0.4) is 0 Å². The topological polar surface area (TPSA) is 76.0 Å². The van der Waals surface area contributed by atoms with Crippen LogP contribution < -0.4 is 0 Å². The summed E-state index contributed by atoms with van der Waals surface area (Å²) in [7, 11) is 0. The van der Waals surface area contributed by atoms with Crippen LogP contribution in [0.15, 0.2) is 48.6 Å². The number of esters is 1. The summed E-state index contributed by atoms with van der Waals surface area (Å²) in [4.78, 5) is 11.8. The van der Waals surface area contributed by atoms with E-state index in [1.165, 1.54) is 62.5 Å². The molecular formula is C32H50O5. The van der Waals surface area contributed by atoms with E-state index in [9.17, 15) is 9.90 Å². The second-order valence-corrected chi connectivity index (χ2v) is 10.8. The highest BCUT2D eigenvalue weighted by Crippen LogP contribution is 2.38. The first-order chi connectivity index (χ1) is 17.8. The Morgan fingerprint density at radius 3 is 2.24 bits per heavy atom. The molecule has 1 fully saturated rings. The van der Waals surface area contributed by atoms with Crippen LogP contribution >= 0.6 is 0 Å². The van der Waals surface area contributed by atoms with Crippen LogP contribution in [0.5, 0.6) is 0 Å². The number of unbranched alkanes of at least 4 members (excludes halogenated alkanes) is 2. The first-order valence-electron chi connectivity index (χ1n) is 14.4. The number of benzene rings is 1. The molecule has 1 aliphatic rings. The molecule has 37 heavy (non-hydrogen) atoms. The van der Waals surface area contributed by atoms with Crippen molar-refractivity contribution in [2.24, 2.45) is 5.92 Å². The quantitative estimate of drug-likeness (QED) is 0.0713. The molecule has 0 aromatic heterocycles. The fourth-order valence-electron chi connectivity index (χ4n) is 5.31. The van der Waals surface area contributed by atoms with Crippen molar-refractivity contribution in [1.29, 1.82) is 0 Å². The van der Waals surface area contributed by atoms with E-state index in [2.05, 4.69) is 44.3 Å². The van der Waals surface area contributed by atoms with Crippen molar-refractivity contribution in [3.63, 3.8) is 0 Å². The number of carbonyl (C=O) groups is 1. The van der Waals surface area contributed by atoms with E-state index < -0.39 is 12.3 Å². The fourth-order valence-corrected chi connectivity index (χ4v) is 5.31. The van der Waals surface area contributed by atoms with Gasteiger partial charge in [-0.2, -0.15) is 0 Å². The summed E-state index contributed by atoms with van der Waals surface area (Å²) in [5.74, 6) is 1.37.